The second-order valence-electron chi connectivity index (χ2n) is 7.40. The number of carbonyl (C=O) groups excluding carboxylic acids is 2. The van der Waals surface area contributed by atoms with E-state index in [4.69, 9.17) is 0 Å². The van der Waals surface area contributed by atoms with E-state index in [2.05, 4.69) is 5.32 Å². The van der Waals surface area contributed by atoms with Gasteiger partial charge in [0.2, 0.25) is 11.8 Å². The molecule has 0 aromatic rings. The lowest BCUT2D eigenvalue weighted by Crippen LogP contribution is -2.55. The zero-order valence-electron chi connectivity index (χ0n) is 15.0. The van der Waals surface area contributed by atoms with E-state index in [9.17, 15) is 19.5 Å². The summed E-state index contributed by atoms with van der Waals surface area (Å²) in [6.45, 7) is 11.6. The van der Waals surface area contributed by atoms with Gasteiger partial charge in [0.15, 0.2) is 0 Å². The molecule has 0 saturated carbocycles. The summed E-state index contributed by atoms with van der Waals surface area (Å²) in [5, 5.41) is 12.3. The first-order chi connectivity index (χ1) is 10.6. The number of amides is 2. The Balaban J connectivity index is 2.99. The fourth-order valence-corrected chi connectivity index (χ4v) is 3.09. The van der Waals surface area contributed by atoms with Crippen molar-refractivity contribution in [2.75, 3.05) is 6.54 Å². The van der Waals surface area contributed by atoms with Gasteiger partial charge in [-0.15, -0.1) is 0 Å². The van der Waals surface area contributed by atoms with E-state index in [1.54, 1.807) is 13.8 Å². The highest BCUT2D eigenvalue weighted by Crippen LogP contribution is 2.31. The third kappa shape index (κ3) is 4.45. The van der Waals surface area contributed by atoms with Crippen LogP contribution in [0.4, 0.5) is 0 Å². The molecule has 0 aromatic carbocycles. The maximum atomic E-state index is 12.9. The highest BCUT2D eigenvalue weighted by molar-refractivity contribution is 5.91. The topological polar surface area (TPSA) is 86.7 Å². The van der Waals surface area contributed by atoms with Crippen LogP contribution in [0.15, 0.2) is 0 Å². The summed E-state index contributed by atoms with van der Waals surface area (Å²) in [4.78, 5) is 38.0. The first-order valence-corrected chi connectivity index (χ1v) is 8.41. The van der Waals surface area contributed by atoms with Crippen molar-refractivity contribution in [3.8, 4) is 0 Å². The highest BCUT2D eigenvalue weighted by atomic mass is 16.4. The largest absolute Gasteiger partial charge is 0.480 e. The number of carboxylic acid groups (broad SMARTS) is 1. The van der Waals surface area contributed by atoms with Crippen LogP contribution in [0.3, 0.4) is 0 Å². The molecule has 0 aromatic heterocycles. The molecule has 132 valence electrons. The Bertz CT molecular complexity index is 460. The maximum Gasteiger partial charge on any atom is 0.326 e. The number of likely N-dealkylation sites (tertiary alicyclic amines) is 1. The van der Waals surface area contributed by atoms with Gasteiger partial charge in [-0.25, -0.2) is 4.79 Å². The van der Waals surface area contributed by atoms with Crippen LogP contribution in [-0.2, 0) is 14.4 Å². The van der Waals surface area contributed by atoms with Gasteiger partial charge < -0.3 is 15.3 Å². The number of rotatable bonds is 6. The molecule has 0 spiro atoms. The van der Waals surface area contributed by atoms with E-state index in [-0.39, 0.29) is 35.5 Å². The van der Waals surface area contributed by atoms with E-state index < -0.39 is 18.1 Å². The van der Waals surface area contributed by atoms with Gasteiger partial charge in [0.1, 0.15) is 12.1 Å². The molecular formula is C17H30N2O4. The lowest BCUT2D eigenvalue weighted by atomic mass is 9.88. The van der Waals surface area contributed by atoms with Crippen LogP contribution in [0, 0.1) is 23.7 Å². The molecule has 3 atom stereocenters. The van der Waals surface area contributed by atoms with Crippen molar-refractivity contribution in [3.05, 3.63) is 0 Å². The molecule has 1 rings (SSSR count). The molecule has 0 radical (unpaired) electrons. The highest BCUT2D eigenvalue weighted by Gasteiger charge is 2.45. The zero-order chi connectivity index (χ0) is 17.9. The van der Waals surface area contributed by atoms with Crippen molar-refractivity contribution in [1.29, 1.82) is 0 Å². The minimum Gasteiger partial charge on any atom is -0.480 e. The zero-order valence-corrected chi connectivity index (χ0v) is 15.0. The van der Waals surface area contributed by atoms with E-state index in [0.29, 0.717) is 13.0 Å². The van der Waals surface area contributed by atoms with Crippen LogP contribution in [0.1, 0.15) is 48.0 Å². The van der Waals surface area contributed by atoms with Crippen LogP contribution in [0.5, 0.6) is 0 Å². The Morgan fingerprint density at radius 1 is 1.09 bits per heavy atom. The number of hydrogen-bond donors (Lipinski definition) is 2. The molecule has 6 heteroatoms. The molecule has 2 N–H and O–H groups in total. The lowest BCUT2D eigenvalue weighted by Gasteiger charge is -2.31. The van der Waals surface area contributed by atoms with Gasteiger partial charge in [0.25, 0.3) is 0 Å². The summed E-state index contributed by atoms with van der Waals surface area (Å²) < 4.78 is 0. The SMILES string of the molecule is CC(C)C(=O)N[C@H](C(=O)N1CC[C@H](C(C)C)[C@H]1C(=O)O)C(C)C. The van der Waals surface area contributed by atoms with E-state index >= 15 is 0 Å². The van der Waals surface area contributed by atoms with Crippen molar-refractivity contribution in [2.45, 2.75) is 60.0 Å². The molecule has 0 bridgehead atoms. The van der Waals surface area contributed by atoms with Gasteiger partial charge in [0, 0.05) is 12.5 Å². The predicted octanol–water partition coefficient (Wildman–Crippen LogP) is 1.74. The Labute approximate surface area is 138 Å². The summed E-state index contributed by atoms with van der Waals surface area (Å²) in [7, 11) is 0. The maximum absolute atomic E-state index is 12.9. The van der Waals surface area contributed by atoms with E-state index in [1.807, 2.05) is 27.7 Å². The molecule has 1 saturated heterocycles. The van der Waals surface area contributed by atoms with E-state index in [0.717, 1.165) is 0 Å². The summed E-state index contributed by atoms with van der Waals surface area (Å²) in [5.41, 5.74) is 0. The fraction of sp³-hybridized carbons (Fsp3) is 0.824. The van der Waals surface area contributed by atoms with Gasteiger partial charge >= 0.3 is 5.97 Å². The first kappa shape index (κ1) is 19.5. The Morgan fingerprint density at radius 3 is 2.04 bits per heavy atom. The lowest BCUT2D eigenvalue weighted by molar-refractivity contribution is -0.151. The second-order valence-corrected chi connectivity index (χ2v) is 7.40. The molecule has 1 aliphatic heterocycles. The normalized spacial score (nSPS) is 22.7. The number of carbonyl (C=O) groups is 3. The Kier molecular flexibility index (Phi) is 6.59. The van der Waals surface area contributed by atoms with Gasteiger partial charge in [-0.3, -0.25) is 9.59 Å². The third-order valence-corrected chi connectivity index (χ3v) is 4.59. The number of aliphatic carboxylic acids is 1. The van der Waals surface area contributed by atoms with Gasteiger partial charge in [0.05, 0.1) is 0 Å². The molecule has 6 nitrogen and oxygen atoms in total. The van der Waals surface area contributed by atoms with Crippen LogP contribution in [0.25, 0.3) is 0 Å². The quantitative estimate of drug-likeness (QED) is 0.778. The second kappa shape index (κ2) is 7.79. The average molecular weight is 326 g/mol. The number of nitrogens with one attached hydrogen (secondary N) is 1. The molecule has 0 aliphatic carbocycles. The Morgan fingerprint density at radius 2 is 1.65 bits per heavy atom. The van der Waals surface area contributed by atoms with Crippen LogP contribution < -0.4 is 5.32 Å². The number of nitrogens with zero attached hydrogens (tertiary/aromatic N) is 1. The summed E-state index contributed by atoms with van der Waals surface area (Å²) in [6, 6.07) is -1.49. The summed E-state index contributed by atoms with van der Waals surface area (Å²) in [6.07, 6.45) is 0.684. The number of carboxylic acids is 1. The van der Waals surface area contributed by atoms with Crippen LogP contribution >= 0.6 is 0 Å². The van der Waals surface area contributed by atoms with Crippen molar-refractivity contribution < 1.29 is 19.5 Å². The molecule has 23 heavy (non-hydrogen) atoms. The predicted molar refractivity (Wildman–Crippen MR) is 87.7 cm³/mol. The fourth-order valence-electron chi connectivity index (χ4n) is 3.09. The molecule has 1 fully saturated rings. The van der Waals surface area contributed by atoms with E-state index in [1.165, 1.54) is 4.90 Å². The van der Waals surface area contributed by atoms with Gasteiger partial charge in [-0.05, 0) is 24.2 Å². The summed E-state index contributed by atoms with van der Waals surface area (Å²) in [5.74, 6) is -1.62. The summed E-state index contributed by atoms with van der Waals surface area (Å²) >= 11 is 0. The van der Waals surface area contributed by atoms with Gasteiger partial charge in [-0.1, -0.05) is 41.5 Å². The molecular weight excluding hydrogens is 296 g/mol. The average Bonchev–Trinajstić information content (AvgIpc) is 2.88. The monoisotopic (exact) mass is 326 g/mol. The minimum absolute atomic E-state index is 0.0509. The van der Waals surface area contributed by atoms with Crippen LogP contribution in [-0.4, -0.2) is 46.4 Å². The van der Waals surface area contributed by atoms with Crippen LogP contribution in [0.2, 0.25) is 0 Å². The third-order valence-electron chi connectivity index (χ3n) is 4.59. The molecule has 1 aliphatic rings. The van der Waals surface area contributed by atoms with Crippen molar-refractivity contribution in [1.82, 2.24) is 10.2 Å². The minimum atomic E-state index is -0.966. The van der Waals surface area contributed by atoms with Crippen molar-refractivity contribution in [3.63, 3.8) is 0 Å². The molecule has 1 heterocycles. The molecule has 2 amide bonds. The molecule has 0 unspecified atom stereocenters. The number of hydrogen-bond acceptors (Lipinski definition) is 3. The first-order valence-electron chi connectivity index (χ1n) is 8.41. The Hall–Kier alpha value is -1.59. The van der Waals surface area contributed by atoms with Crippen molar-refractivity contribution in [2.24, 2.45) is 23.7 Å². The smallest absolute Gasteiger partial charge is 0.326 e. The van der Waals surface area contributed by atoms with Gasteiger partial charge in [-0.2, -0.15) is 0 Å². The standard InChI is InChI=1S/C17H30N2O4/c1-9(2)12-7-8-19(14(12)17(22)23)16(21)13(10(3)4)18-15(20)11(5)6/h9-14H,7-8H2,1-6H3,(H,18,20)(H,22,23)/t12-,13+,14+/m1/s1. The van der Waals surface area contributed by atoms with Crippen molar-refractivity contribution >= 4 is 17.8 Å².